The standard InChI is InChI=1S/C4H11O2PS2/c1-3-4(2)6-7(5,8)9/h4H,3H2,1-2H3,(H2,5,8,9). The Morgan fingerprint density at radius 3 is 2.44 bits per heavy atom. The van der Waals surface area contributed by atoms with E-state index in [9.17, 15) is 0 Å². The maximum atomic E-state index is 8.89. The van der Waals surface area contributed by atoms with Gasteiger partial charge in [0.15, 0.2) is 0 Å². The van der Waals surface area contributed by atoms with Crippen molar-refractivity contribution in [2.45, 2.75) is 26.4 Å². The van der Waals surface area contributed by atoms with Crippen LogP contribution in [0.5, 0.6) is 0 Å². The van der Waals surface area contributed by atoms with Crippen molar-refractivity contribution in [3.63, 3.8) is 0 Å². The van der Waals surface area contributed by atoms with Crippen molar-refractivity contribution in [2.75, 3.05) is 0 Å². The molecule has 0 bridgehead atoms. The first-order chi connectivity index (χ1) is 3.95. The van der Waals surface area contributed by atoms with Gasteiger partial charge in [0.25, 0.3) is 0 Å². The molecule has 2 unspecified atom stereocenters. The van der Waals surface area contributed by atoms with Crippen LogP contribution in [0, 0.1) is 0 Å². The lowest BCUT2D eigenvalue weighted by molar-refractivity contribution is 0.224. The van der Waals surface area contributed by atoms with Crippen LogP contribution in [0.2, 0.25) is 0 Å². The molecule has 5 heteroatoms. The summed E-state index contributed by atoms with van der Waals surface area (Å²) in [7, 11) is 0. The predicted octanol–water partition coefficient (Wildman–Crippen LogP) is 1.95. The van der Waals surface area contributed by atoms with Gasteiger partial charge >= 0.3 is 0 Å². The van der Waals surface area contributed by atoms with Gasteiger partial charge < -0.3 is 9.42 Å². The highest BCUT2D eigenvalue weighted by atomic mass is 32.9. The van der Waals surface area contributed by atoms with Gasteiger partial charge in [-0.2, -0.15) is 0 Å². The van der Waals surface area contributed by atoms with Gasteiger partial charge in [0.05, 0.1) is 6.10 Å². The minimum atomic E-state index is -2.71. The Morgan fingerprint density at radius 2 is 2.33 bits per heavy atom. The van der Waals surface area contributed by atoms with E-state index in [1.165, 1.54) is 0 Å². The van der Waals surface area contributed by atoms with E-state index in [-0.39, 0.29) is 6.10 Å². The molecule has 2 nitrogen and oxygen atoms in total. The number of rotatable bonds is 3. The summed E-state index contributed by atoms with van der Waals surface area (Å²) in [5.41, 5.74) is -2.71. The smallest absolute Gasteiger partial charge is 0.241 e. The van der Waals surface area contributed by atoms with Crippen LogP contribution < -0.4 is 0 Å². The van der Waals surface area contributed by atoms with Crippen LogP contribution in [0.15, 0.2) is 0 Å². The Labute approximate surface area is 65.9 Å². The molecular formula is C4H11O2PS2. The second-order valence-electron chi connectivity index (χ2n) is 1.81. The summed E-state index contributed by atoms with van der Waals surface area (Å²) in [5, 5.41) is 0. The Morgan fingerprint density at radius 1 is 1.89 bits per heavy atom. The lowest BCUT2D eigenvalue weighted by Crippen LogP contribution is -2.01. The van der Waals surface area contributed by atoms with Gasteiger partial charge in [-0.15, -0.1) is 0 Å². The fourth-order valence-corrected chi connectivity index (χ4v) is 1.85. The lowest BCUT2D eigenvalue weighted by atomic mass is 10.3. The van der Waals surface area contributed by atoms with Gasteiger partial charge in [0.1, 0.15) is 0 Å². The SMILES string of the molecule is CCC(C)OP(O)(=S)S. The third kappa shape index (κ3) is 6.81. The molecule has 0 fully saturated rings. The van der Waals surface area contributed by atoms with Crippen LogP contribution in [-0.4, -0.2) is 11.0 Å². The van der Waals surface area contributed by atoms with Crippen LogP contribution >= 0.6 is 17.9 Å². The Hall–Kier alpha value is 0.920. The minimum absolute atomic E-state index is 0.0123. The van der Waals surface area contributed by atoms with Crippen molar-refractivity contribution in [2.24, 2.45) is 0 Å². The van der Waals surface area contributed by atoms with Crippen molar-refractivity contribution in [3.8, 4) is 0 Å². The van der Waals surface area contributed by atoms with Crippen LogP contribution in [0.4, 0.5) is 0 Å². The monoisotopic (exact) mass is 186 g/mol. The first-order valence-corrected chi connectivity index (χ1v) is 6.52. The largest absolute Gasteiger partial charge is 0.338 e. The third-order valence-corrected chi connectivity index (χ3v) is 2.07. The maximum absolute atomic E-state index is 8.89. The molecule has 0 aromatic carbocycles. The second-order valence-corrected chi connectivity index (χ2v) is 6.93. The summed E-state index contributed by atoms with van der Waals surface area (Å²) in [6.07, 6.45) is 0.859. The Bertz CT molecular complexity index is 122. The maximum Gasteiger partial charge on any atom is 0.241 e. The molecule has 0 spiro atoms. The van der Waals surface area contributed by atoms with Crippen molar-refractivity contribution in [1.82, 2.24) is 0 Å². The van der Waals surface area contributed by atoms with E-state index in [0.29, 0.717) is 0 Å². The van der Waals surface area contributed by atoms with E-state index in [1.807, 2.05) is 13.8 Å². The average molecular weight is 186 g/mol. The summed E-state index contributed by atoms with van der Waals surface area (Å²) in [6, 6.07) is 0. The Balaban J connectivity index is 3.60. The number of thiol groups is 1. The minimum Gasteiger partial charge on any atom is -0.338 e. The molecule has 0 heterocycles. The molecule has 0 aliphatic heterocycles. The molecule has 0 saturated carbocycles. The first-order valence-electron chi connectivity index (χ1n) is 2.69. The zero-order valence-electron chi connectivity index (χ0n) is 5.44. The molecule has 0 amide bonds. The van der Waals surface area contributed by atoms with E-state index in [2.05, 4.69) is 24.1 Å². The van der Waals surface area contributed by atoms with Crippen LogP contribution in [0.1, 0.15) is 20.3 Å². The predicted molar refractivity (Wildman–Crippen MR) is 46.3 cm³/mol. The summed E-state index contributed by atoms with van der Waals surface area (Å²) in [5.74, 6) is 0. The molecular weight excluding hydrogens is 175 g/mol. The summed E-state index contributed by atoms with van der Waals surface area (Å²) < 4.78 is 4.93. The molecule has 0 aromatic rings. The van der Waals surface area contributed by atoms with E-state index in [0.717, 1.165) is 6.42 Å². The van der Waals surface area contributed by atoms with Crippen LogP contribution in [0.3, 0.4) is 0 Å². The normalized spacial score (nSPS) is 20.9. The van der Waals surface area contributed by atoms with Crippen molar-refractivity contribution >= 4 is 29.7 Å². The van der Waals surface area contributed by atoms with Crippen LogP contribution in [0.25, 0.3) is 0 Å². The summed E-state index contributed by atoms with van der Waals surface area (Å²) in [6.45, 7) is 3.82. The van der Waals surface area contributed by atoms with E-state index < -0.39 is 5.69 Å². The molecule has 0 aliphatic rings. The van der Waals surface area contributed by atoms with Crippen LogP contribution in [-0.2, 0) is 16.3 Å². The first kappa shape index (κ1) is 9.92. The topological polar surface area (TPSA) is 29.5 Å². The number of hydrogen-bond acceptors (Lipinski definition) is 2. The van der Waals surface area contributed by atoms with Gasteiger partial charge in [-0.3, -0.25) is 0 Å². The zero-order valence-corrected chi connectivity index (χ0v) is 8.05. The summed E-state index contributed by atoms with van der Waals surface area (Å²) >= 11 is 8.24. The van der Waals surface area contributed by atoms with Crippen molar-refractivity contribution in [1.29, 1.82) is 0 Å². The Kier molecular flexibility index (Phi) is 4.34. The molecule has 0 saturated heterocycles. The second kappa shape index (κ2) is 3.94. The van der Waals surface area contributed by atoms with Gasteiger partial charge in [-0.25, -0.2) is 0 Å². The molecule has 0 aromatic heterocycles. The molecule has 9 heavy (non-hydrogen) atoms. The molecule has 0 rings (SSSR count). The molecule has 1 N–H and O–H groups in total. The fourth-order valence-electron chi connectivity index (χ4n) is 0.309. The third-order valence-electron chi connectivity index (χ3n) is 0.892. The molecule has 0 aliphatic carbocycles. The molecule has 2 atom stereocenters. The van der Waals surface area contributed by atoms with E-state index >= 15 is 0 Å². The van der Waals surface area contributed by atoms with Gasteiger partial charge in [0, 0.05) is 0 Å². The quantitative estimate of drug-likeness (QED) is 0.521. The zero-order chi connectivity index (χ0) is 7.49. The highest BCUT2D eigenvalue weighted by Gasteiger charge is 2.09. The van der Waals surface area contributed by atoms with E-state index in [4.69, 9.17) is 9.42 Å². The molecule has 56 valence electrons. The number of hydrogen-bond donors (Lipinski definition) is 2. The van der Waals surface area contributed by atoms with Gasteiger partial charge in [0.2, 0.25) is 5.69 Å². The molecule has 0 radical (unpaired) electrons. The van der Waals surface area contributed by atoms with Gasteiger partial charge in [-0.05, 0) is 25.2 Å². The fraction of sp³-hybridized carbons (Fsp3) is 1.00. The highest BCUT2D eigenvalue weighted by Crippen LogP contribution is 2.48. The lowest BCUT2D eigenvalue weighted by Gasteiger charge is -2.13. The van der Waals surface area contributed by atoms with E-state index in [1.54, 1.807) is 0 Å². The van der Waals surface area contributed by atoms with Gasteiger partial charge in [-0.1, -0.05) is 19.2 Å². The van der Waals surface area contributed by atoms with Crippen molar-refractivity contribution < 1.29 is 9.42 Å². The highest BCUT2D eigenvalue weighted by molar-refractivity contribution is 8.59. The van der Waals surface area contributed by atoms with Crippen molar-refractivity contribution in [3.05, 3.63) is 0 Å². The summed E-state index contributed by atoms with van der Waals surface area (Å²) in [4.78, 5) is 8.89. The average Bonchev–Trinajstić information content (AvgIpc) is 1.62.